The van der Waals surface area contributed by atoms with Crippen LogP contribution in [0, 0.1) is 11.6 Å². The second-order valence-corrected chi connectivity index (χ2v) is 2.86. The summed E-state index contributed by atoms with van der Waals surface area (Å²) in [5, 5.41) is 0. The van der Waals surface area contributed by atoms with Gasteiger partial charge in [-0.1, -0.05) is 0 Å². The highest BCUT2D eigenvalue weighted by Gasteiger charge is 2.09. The fourth-order valence-electron chi connectivity index (χ4n) is 1.06. The van der Waals surface area contributed by atoms with Crippen molar-refractivity contribution in [3.63, 3.8) is 0 Å². The van der Waals surface area contributed by atoms with E-state index in [0.717, 1.165) is 24.3 Å². The van der Waals surface area contributed by atoms with Gasteiger partial charge < -0.3 is 9.47 Å². The lowest BCUT2D eigenvalue weighted by Crippen LogP contribution is -1.96. The fourth-order valence-corrected chi connectivity index (χ4v) is 1.06. The monoisotopic (exact) mass is 228 g/mol. The molecule has 0 amide bonds. The summed E-state index contributed by atoms with van der Waals surface area (Å²) in [6.07, 6.45) is 1.95. The van der Waals surface area contributed by atoms with Gasteiger partial charge in [0.1, 0.15) is 17.4 Å². The molecule has 0 unspecified atom stereocenters. The fraction of sp³-hybridized carbons (Fsp3) is 0.182. The van der Waals surface area contributed by atoms with Crippen molar-refractivity contribution in [3.8, 4) is 5.75 Å². The third kappa shape index (κ3) is 2.79. The Morgan fingerprint density at radius 2 is 1.81 bits per heavy atom. The lowest BCUT2D eigenvalue weighted by molar-refractivity contribution is -0.134. The van der Waals surface area contributed by atoms with Crippen LogP contribution in [-0.2, 0) is 9.53 Å². The molecule has 86 valence electrons. The molecule has 0 saturated heterocycles. The number of hydrogen-bond donors (Lipinski definition) is 0. The van der Waals surface area contributed by atoms with E-state index in [0.29, 0.717) is 0 Å². The number of methoxy groups -OCH3 is 2. The van der Waals surface area contributed by atoms with Gasteiger partial charge in [0.05, 0.1) is 14.2 Å². The Morgan fingerprint density at radius 3 is 2.25 bits per heavy atom. The Bertz CT molecular complexity index is 404. The first-order valence-electron chi connectivity index (χ1n) is 4.37. The van der Waals surface area contributed by atoms with Crippen molar-refractivity contribution < 1.29 is 23.0 Å². The van der Waals surface area contributed by atoms with E-state index in [1.807, 2.05) is 0 Å². The molecule has 0 fully saturated rings. The maximum atomic E-state index is 13.3. The van der Waals surface area contributed by atoms with Crippen molar-refractivity contribution in [3.05, 3.63) is 35.4 Å². The second kappa shape index (κ2) is 5.25. The number of carbonyl (C=O) groups excluding carboxylic acids is 1. The normalized spacial score (nSPS) is 10.5. The highest BCUT2D eigenvalue weighted by molar-refractivity contribution is 5.87. The average Bonchev–Trinajstić information content (AvgIpc) is 2.27. The Balaban J connectivity index is 3.05. The summed E-state index contributed by atoms with van der Waals surface area (Å²) < 4.78 is 35.6. The minimum atomic E-state index is -0.808. The summed E-state index contributed by atoms with van der Waals surface area (Å²) in [4.78, 5) is 10.8. The molecule has 0 radical (unpaired) electrons. The maximum Gasteiger partial charge on any atom is 0.330 e. The predicted molar refractivity (Wildman–Crippen MR) is 54.0 cm³/mol. The summed E-state index contributed by atoms with van der Waals surface area (Å²) in [5.74, 6) is -2.23. The van der Waals surface area contributed by atoms with Gasteiger partial charge in [-0.05, 0) is 6.08 Å². The first-order chi connectivity index (χ1) is 7.58. The van der Waals surface area contributed by atoms with E-state index in [2.05, 4.69) is 9.47 Å². The average molecular weight is 228 g/mol. The molecule has 0 heterocycles. The number of carbonyl (C=O) groups is 1. The van der Waals surface area contributed by atoms with Crippen LogP contribution in [0.1, 0.15) is 5.56 Å². The van der Waals surface area contributed by atoms with E-state index in [9.17, 15) is 13.6 Å². The van der Waals surface area contributed by atoms with Crippen molar-refractivity contribution in [2.75, 3.05) is 14.2 Å². The molecule has 0 aliphatic rings. The number of ether oxygens (including phenoxy) is 2. The van der Waals surface area contributed by atoms with Gasteiger partial charge in [-0.15, -0.1) is 0 Å². The van der Waals surface area contributed by atoms with Crippen molar-refractivity contribution in [2.24, 2.45) is 0 Å². The van der Waals surface area contributed by atoms with Crippen LogP contribution in [0.15, 0.2) is 18.2 Å². The third-order valence-electron chi connectivity index (χ3n) is 1.88. The quantitative estimate of drug-likeness (QED) is 0.587. The van der Waals surface area contributed by atoms with Crippen LogP contribution in [0.4, 0.5) is 8.78 Å². The number of esters is 1. The Hall–Kier alpha value is -1.91. The first kappa shape index (κ1) is 12.2. The SMILES string of the molecule is COC(=O)C=Cc1c(F)cc(OC)cc1F. The van der Waals surface area contributed by atoms with Crippen LogP contribution >= 0.6 is 0 Å². The van der Waals surface area contributed by atoms with E-state index < -0.39 is 17.6 Å². The zero-order chi connectivity index (χ0) is 12.1. The zero-order valence-corrected chi connectivity index (χ0v) is 8.79. The highest BCUT2D eigenvalue weighted by Crippen LogP contribution is 2.21. The molecule has 1 aromatic carbocycles. The molecule has 5 heteroatoms. The Morgan fingerprint density at radius 1 is 1.25 bits per heavy atom. The van der Waals surface area contributed by atoms with Crippen LogP contribution in [-0.4, -0.2) is 20.2 Å². The number of rotatable bonds is 3. The number of benzene rings is 1. The molecule has 0 bridgehead atoms. The number of hydrogen-bond acceptors (Lipinski definition) is 3. The largest absolute Gasteiger partial charge is 0.497 e. The van der Waals surface area contributed by atoms with E-state index in [1.54, 1.807) is 0 Å². The molecule has 0 aromatic heterocycles. The van der Waals surface area contributed by atoms with Gasteiger partial charge in [-0.25, -0.2) is 13.6 Å². The lowest BCUT2D eigenvalue weighted by Gasteiger charge is -2.03. The smallest absolute Gasteiger partial charge is 0.330 e. The van der Waals surface area contributed by atoms with Crippen molar-refractivity contribution in [1.29, 1.82) is 0 Å². The van der Waals surface area contributed by atoms with Gasteiger partial charge in [0.15, 0.2) is 0 Å². The molecular weight excluding hydrogens is 218 g/mol. The summed E-state index contributed by atoms with van der Waals surface area (Å²) >= 11 is 0. The standard InChI is InChI=1S/C11H10F2O3/c1-15-7-5-9(12)8(10(13)6-7)3-4-11(14)16-2/h3-6H,1-2H3. The predicted octanol–water partition coefficient (Wildman–Crippen LogP) is 2.16. The molecule has 0 aliphatic carbocycles. The van der Waals surface area contributed by atoms with E-state index in [1.165, 1.54) is 14.2 Å². The molecule has 0 saturated carbocycles. The molecule has 1 aromatic rings. The van der Waals surface area contributed by atoms with Crippen LogP contribution in [0.2, 0.25) is 0 Å². The lowest BCUT2D eigenvalue weighted by atomic mass is 10.1. The van der Waals surface area contributed by atoms with Crippen LogP contribution in [0.5, 0.6) is 5.75 Å². The van der Waals surface area contributed by atoms with Gasteiger partial charge in [0, 0.05) is 23.8 Å². The van der Waals surface area contributed by atoms with Gasteiger partial charge in [-0.2, -0.15) is 0 Å². The zero-order valence-electron chi connectivity index (χ0n) is 8.79. The van der Waals surface area contributed by atoms with Crippen molar-refractivity contribution >= 4 is 12.0 Å². The van der Waals surface area contributed by atoms with E-state index >= 15 is 0 Å². The van der Waals surface area contributed by atoms with Crippen LogP contribution < -0.4 is 4.74 Å². The third-order valence-corrected chi connectivity index (χ3v) is 1.88. The van der Waals surface area contributed by atoms with Crippen molar-refractivity contribution in [2.45, 2.75) is 0 Å². The summed E-state index contributed by atoms with van der Waals surface area (Å²) in [6, 6.07) is 2.06. The van der Waals surface area contributed by atoms with Crippen molar-refractivity contribution in [1.82, 2.24) is 0 Å². The molecule has 0 atom stereocenters. The van der Waals surface area contributed by atoms with Gasteiger partial charge in [-0.3, -0.25) is 0 Å². The molecule has 0 spiro atoms. The molecule has 0 aliphatic heterocycles. The Labute approximate surface area is 91.3 Å². The molecular formula is C11H10F2O3. The second-order valence-electron chi connectivity index (χ2n) is 2.86. The maximum absolute atomic E-state index is 13.3. The molecule has 0 N–H and O–H groups in total. The number of halogens is 2. The summed E-state index contributed by atoms with van der Waals surface area (Å²) in [5.41, 5.74) is -0.314. The van der Waals surface area contributed by atoms with Gasteiger partial charge in [0.25, 0.3) is 0 Å². The minimum absolute atomic E-state index is 0.0743. The van der Waals surface area contributed by atoms with Gasteiger partial charge in [0.2, 0.25) is 0 Å². The molecule has 16 heavy (non-hydrogen) atoms. The summed E-state index contributed by atoms with van der Waals surface area (Å²) in [6.45, 7) is 0. The van der Waals surface area contributed by atoms with E-state index in [4.69, 9.17) is 0 Å². The van der Waals surface area contributed by atoms with Crippen LogP contribution in [0.3, 0.4) is 0 Å². The van der Waals surface area contributed by atoms with Crippen LogP contribution in [0.25, 0.3) is 6.08 Å². The minimum Gasteiger partial charge on any atom is -0.497 e. The van der Waals surface area contributed by atoms with Gasteiger partial charge >= 0.3 is 5.97 Å². The first-order valence-corrected chi connectivity index (χ1v) is 4.37. The molecule has 1 rings (SSSR count). The topological polar surface area (TPSA) is 35.5 Å². The summed E-state index contributed by atoms with van der Waals surface area (Å²) in [7, 11) is 2.48. The Kier molecular flexibility index (Phi) is 3.99. The van der Waals surface area contributed by atoms with E-state index in [-0.39, 0.29) is 11.3 Å². The highest BCUT2D eigenvalue weighted by atomic mass is 19.1. The molecule has 3 nitrogen and oxygen atoms in total.